The average molecular weight is 252 g/mol. The number of anilines is 1. The van der Waals surface area contributed by atoms with Crippen LogP contribution in [0, 0.1) is 5.92 Å². The van der Waals surface area contributed by atoms with E-state index in [0.717, 1.165) is 24.3 Å². The fraction of sp³-hybridized carbons (Fsp3) is 0.500. The van der Waals surface area contributed by atoms with Crippen LogP contribution in [0.3, 0.4) is 0 Å². The van der Waals surface area contributed by atoms with E-state index in [1.165, 1.54) is 11.3 Å². The van der Waals surface area contributed by atoms with Gasteiger partial charge in [-0.05, 0) is 31.4 Å². The molecule has 2 amide bonds. The number of carbonyl (C=O) groups is 2. The average Bonchev–Trinajstić information content (AvgIpc) is 3.07. The minimum absolute atomic E-state index is 0.0660. The molecule has 2 rings (SSSR count). The van der Waals surface area contributed by atoms with Crippen molar-refractivity contribution in [1.82, 2.24) is 5.32 Å². The van der Waals surface area contributed by atoms with E-state index >= 15 is 0 Å². The second kappa shape index (κ2) is 5.31. The molecule has 0 bridgehead atoms. The SMILES string of the molecule is CCCNC(=O)c1ccc(NC(=O)C2CC2)s1. The van der Waals surface area contributed by atoms with Gasteiger partial charge in [0.1, 0.15) is 0 Å². The van der Waals surface area contributed by atoms with E-state index in [1.807, 2.05) is 6.92 Å². The van der Waals surface area contributed by atoms with Crippen LogP contribution in [0.25, 0.3) is 0 Å². The summed E-state index contributed by atoms with van der Waals surface area (Å²) in [6, 6.07) is 3.53. The Morgan fingerprint density at radius 1 is 1.41 bits per heavy atom. The van der Waals surface area contributed by atoms with Crippen molar-refractivity contribution in [1.29, 1.82) is 0 Å². The highest BCUT2D eigenvalue weighted by Gasteiger charge is 2.29. The molecule has 2 N–H and O–H groups in total. The molecule has 0 atom stereocenters. The third kappa shape index (κ3) is 3.30. The van der Waals surface area contributed by atoms with Gasteiger partial charge >= 0.3 is 0 Å². The Kier molecular flexibility index (Phi) is 3.78. The van der Waals surface area contributed by atoms with Gasteiger partial charge in [0.2, 0.25) is 5.91 Å². The fourth-order valence-electron chi connectivity index (χ4n) is 1.42. The van der Waals surface area contributed by atoms with Gasteiger partial charge in [-0.3, -0.25) is 9.59 Å². The summed E-state index contributed by atoms with van der Waals surface area (Å²) < 4.78 is 0. The van der Waals surface area contributed by atoms with Crippen LogP contribution in [0.15, 0.2) is 12.1 Å². The summed E-state index contributed by atoms with van der Waals surface area (Å²) in [4.78, 5) is 23.8. The van der Waals surface area contributed by atoms with Gasteiger partial charge in [-0.2, -0.15) is 0 Å². The molecule has 92 valence electrons. The van der Waals surface area contributed by atoms with Gasteiger partial charge in [0.15, 0.2) is 0 Å². The largest absolute Gasteiger partial charge is 0.351 e. The van der Waals surface area contributed by atoms with Gasteiger partial charge in [0.05, 0.1) is 9.88 Å². The van der Waals surface area contributed by atoms with Crippen molar-refractivity contribution in [2.45, 2.75) is 26.2 Å². The molecule has 0 unspecified atom stereocenters. The van der Waals surface area contributed by atoms with E-state index in [9.17, 15) is 9.59 Å². The van der Waals surface area contributed by atoms with Crippen LogP contribution in [0.5, 0.6) is 0 Å². The quantitative estimate of drug-likeness (QED) is 0.844. The van der Waals surface area contributed by atoms with Gasteiger partial charge in [-0.1, -0.05) is 6.92 Å². The summed E-state index contributed by atoms with van der Waals surface area (Å²) in [5.41, 5.74) is 0. The van der Waals surface area contributed by atoms with Crippen LogP contribution in [-0.2, 0) is 4.79 Å². The molecule has 1 aromatic rings. The van der Waals surface area contributed by atoms with Gasteiger partial charge in [-0.15, -0.1) is 11.3 Å². The minimum Gasteiger partial charge on any atom is -0.351 e. The van der Waals surface area contributed by atoms with Gasteiger partial charge in [0.25, 0.3) is 5.91 Å². The summed E-state index contributed by atoms with van der Waals surface area (Å²) >= 11 is 1.32. The Labute approximate surface area is 104 Å². The third-order valence-electron chi connectivity index (χ3n) is 2.56. The van der Waals surface area contributed by atoms with Crippen molar-refractivity contribution in [3.63, 3.8) is 0 Å². The molecule has 0 radical (unpaired) electrons. The lowest BCUT2D eigenvalue weighted by Crippen LogP contribution is -2.22. The standard InChI is InChI=1S/C12H16N2O2S/c1-2-7-13-12(16)9-5-6-10(17-9)14-11(15)8-3-4-8/h5-6,8H,2-4,7H2,1H3,(H,13,16)(H,14,15). The number of rotatable bonds is 5. The minimum atomic E-state index is -0.0660. The first-order valence-electron chi connectivity index (χ1n) is 5.89. The number of thiophene rings is 1. The van der Waals surface area contributed by atoms with Crippen molar-refractivity contribution >= 4 is 28.2 Å². The first-order chi connectivity index (χ1) is 8.20. The van der Waals surface area contributed by atoms with Crippen LogP contribution >= 0.6 is 11.3 Å². The Hall–Kier alpha value is -1.36. The summed E-state index contributed by atoms with van der Waals surface area (Å²) in [7, 11) is 0. The maximum absolute atomic E-state index is 11.6. The van der Waals surface area contributed by atoms with Crippen molar-refractivity contribution in [3.8, 4) is 0 Å². The number of nitrogens with one attached hydrogen (secondary N) is 2. The van der Waals surface area contributed by atoms with Gasteiger partial charge in [0, 0.05) is 12.5 Å². The van der Waals surface area contributed by atoms with E-state index in [2.05, 4.69) is 10.6 Å². The van der Waals surface area contributed by atoms with Crippen LogP contribution in [0.2, 0.25) is 0 Å². The molecule has 1 aromatic heterocycles. The molecule has 5 heteroatoms. The second-order valence-electron chi connectivity index (χ2n) is 4.18. The highest BCUT2D eigenvalue weighted by atomic mass is 32.1. The van der Waals surface area contributed by atoms with E-state index in [0.29, 0.717) is 11.4 Å². The molecule has 0 saturated heterocycles. The molecule has 1 aliphatic carbocycles. The molecule has 1 fully saturated rings. The van der Waals surface area contributed by atoms with Crippen molar-refractivity contribution < 1.29 is 9.59 Å². The van der Waals surface area contributed by atoms with E-state index in [1.54, 1.807) is 12.1 Å². The first-order valence-corrected chi connectivity index (χ1v) is 6.71. The molecule has 0 spiro atoms. The fourth-order valence-corrected chi connectivity index (χ4v) is 2.25. The molecule has 0 aromatic carbocycles. The Morgan fingerprint density at radius 3 is 2.82 bits per heavy atom. The predicted molar refractivity (Wildman–Crippen MR) is 68.3 cm³/mol. The monoisotopic (exact) mass is 252 g/mol. The molecule has 1 heterocycles. The van der Waals surface area contributed by atoms with Crippen LogP contribution in [-0.4, -0.2) is 18.4 Å². The maximum atomic E-state index is 11.6. The molecule has 0 aliphatic heterocycles. The summed E-state index contributed by atoms with van der Waals surface area (Å²) in [5.74, 6) is 0.200. The third-order valence-corrected chi connectivity index (χ3v) is 3.56. The zero-order valence-electron chi connectivity index (χ0n) is 9.79. The number of carbonyl (C=O) groups excluding carboxylic acids is 2. The van der Waals surface area contributed by atoms with Crippen LogP contribution < -0.4 is 10.6 Å². The van der Waals surface area contributed by atoms with Crippen molar-refractivity contribution in [2.24, 2.45) is 5.92 Å². The van der Waals surface area contributed by atoms with Gasteiger partial charge < -0.3 is 10.6 Å². The molecule has 1 aliphatic rings. The Morgan fingerprint density at radius 2 is 2.18 bits per heavy atom. The highest BCUT2D eigenvalue weighted by molar-refractivity contribution is 7.18. The summed E-state index contributed by atoms with van der Waals surface area (Å²) in [5, 5.41) is 6.40. The topological polar surface area (TPSA) is 58.2 Å². The summed E-state index contributed by atoms with van der Waals surface area (Å²) in [6.07, 6.45) is 2.89. The lowest BCUT2D eigenvalue weighted by molar-refractivity contribution is -0.117. The predicted octanol–water partition coefficient (Wildman–Crippen LogP) is 2.24. The van der Waals surface area contributed by atoms with Crippen molar-refractivity contribution in [3.05, 3.63) is 17.0 Å². The number of hydrogen-bond acceptors (Lipinski definition) is 3. The zero-order chi connectivity index (χ0) is 12.3. The zero-order valence-corrected chi connectivity index (χ0v) is 10.6. The Bertz CT molecular complexity index is 424. The normalized spacial score (nSPS) is 14.4. The first kappa shape index (κ1) is 12.1. The number of amides is 2. The second-order valence-corrected chi connectivity index (χ2v) is 5.27. The number of hydrogen-bond donors (Lipinski definition) is 2. The molecule has 17 heavy (non-hydrogen) atoms. The lowest BCUT2D eigenvalue weighted by atomic mass is 10.4. The lowest BCUT2D eigenvalue weighted by Gasteiger charge is -2.00. The highest BCUT2D eigenvalue weighted by Crippen LogP contribution is 2.31. The summed E-state index contributed by atoms with van der Waals surface area (Å²) in [6.45, 7) is 2.69. The van der Waals surface area contributed by atoms with Crippen LogP contribution in [0.1, 0.15) is 35.9 Å². The Balaban J connectivity index is 1.90. The van der Waals surface area contributed by atoms with Crippen molar-refractivity contribution in [2.75, 3.05) is 11.9 Å². The molecule has 4 nitrogen and oxygen atoms in total. The van der Waals surface area contributed by atoms with Gasteiger partial charge in [-0.25, -0.2) is 0 Å². The smallest absolute Gasteiger partial charge is 0.261 e. The molecular weight excluding hydrogens is 236 g/mol. The van der Waals surface area contributed by atoms with E-state index < -0.39 is 0 Å². The van der Waals surface area contributed by atoms with E-state index in [4.69, 9.17) is 0 Å². The van der Waals surface area contributed by atoms with Crippen LogP contribution in [0.4, 0.5) is 5.00 Å². The molecular formula is C12H16N2O2S. The molecule has 1 saturated carbocycles. The maximum Gasteiger partial charge on any atom is 0.261 e. The van der Waals surface area contributed by atoms with E-state index in [-0.39, 0.29) is 17.7 Å².